The lowest BCUT2D eigenvalue weighted by Crippen LogP contribution is -2.48. The molecule has 0 spiro atoms. The molecule has 0 aliphatic carbocycles. The SMILES string of the molecule is C[Si](C)(C)O[Si](C)(CCF)/C(F)=C(\F)C(F)(CC(F)(F)F)CC1(F)[SiH]([Si](C)(C)C)[Si]1(C)O. The number of alkyl halides is 6. The molecule has 0 aromatic heterocycles. The van der Waals surface area contributed by atoms with Crippen LogP contribution < -0.4 is 0 Å². The van der Waals surface area contributed by atoms with Crippen molar-refractivity contribution in [3.05, 3.63) is 11.3 Å². The Morgan fingerprint density at radius 2 is 1.50 bits per heavy atom. The van der Waals surface area contributed by atoms with Gasteiger partial charge in [-0.25, -0.2) is 17.6 Å². The molecule has 190 valence electrons. The molecule has 15 heteroatoms. The number of allylic oxidation sites excluding steroid dienone is 1. The van der Waals surface area contributed by atoms with Crippen LogP contribution in [0.4, 0.5) is 35.1 Å². The van der Waals surface area contributed by atoms with Gasteiger partial charge in [0.1, 0.15) is 18.2 Å². The van der Waals surface area contributed by atoms with Crippen molar-refractivity contribution < 1.29 is 44.0 Å². The van der Waals surface area contributed by atoms with Gasteiger partial charge >= 0.3 is 6.18 Å². The average molecular weight is 563 g/mol. The molecule has 1 saturated heterocycles. The summed E-state index contributed by atoms with van der Waals surface area (Å²) in [6.45, 7) is 11.2. The maximum atomic E-state index is 15.8. The summed E-state index contributed by atoms with van der Waals surface area (Å²) >= 11 is 0. The highest BCUT2D eigenvalue weighted by molar-refractivity contribution is 7.73. The van der Waals surface area contributed by atoms with E-state index in [1.165, 1.54) is 6.55 Å². The smallest absolute Gasteiger partial charge is 0.392 e. The van der Waals surface area contributed by atoms with Crippen LogP contribution in [0.5, 0.6) is 0 Å². The molecule has 0 bridgehead atoms. The van der Waals surface area contributed by atoms with Crippen molar-refractivity contribution in [3.63, 3.8) is 0 Å². The third kappa shape index (κ3) is 6.44. The number of rotatable bonds is 10. The molecule has 1 N–H and O–H groups in total. The Labute approximate surface area is 190 Å². The summed E-state index contributed by atoms with van der Waals surface area (Å²) in [4.78, 5) is 8.05. The van der Waals surface area contributed by atoms with E-state index < -0.39 is 93.5 Å². The van der Waals surface area contributed by atoms with E-state index in [1.54, 1.807) is 39.3 Å². The molecule has 0 amide bonds. The molecule has 5 atom stereocenters. The Morgan fingerprint density at radius 1 is 1.03 bits per heavy atom. The fourth-order valence-corrected chi connectivity index (χ4v) is 59.0. The van der Waals surface area contributed by atoms with E-state index in [-0.39, 0.29) is 0 Å². The number of hydrogen-bond donors (Lipinski definition) is 1. The van der Waals surface area contributed by atoms with Crippen LogP contribution in [-0.2, 0) is 4.12 Å². The van der Waals surface area contributed by atoms with Crippen molar-refractivity contribution in [2.24, 2.45) is 0 Å². The predicted octanol–water partition coefficient (Wildman–Crippen LogP) is 6.21. The summed E-state index contributed by atoms with van der Waals surface area (Å²) in [6.07, 6.45) is -9.28. The van der Waals surface area contributed by atoms with Crippen molar-refractivity contribution in [1.29, 1.82) is 0 Å². The maximum Gasteiger partial charge on any atom is 0.392 e. The summed E-state index contributed by atoms with van der Waals surface area (Å²) in [7, 11) is -15.5. The second-order valence-electron chi connectivity index (χ2n) is 11.3. The normalized spacial score (nSPS) is 31.6. The van der Waals surface area contributed by atoms with Crippen molar-refractivity contribution in [3.8, 4) is 0 Å². The Hall–Kier alpha value is 0.184. The lowest BCUT2D eigenvalue weighted by atomic mass is 9.96. The van der Waals surface area contributed by atoms with Gasteiger partial charge in [0.15, 0.2) is 19.8 Å². The maximum absolute atomic E-state index is 15.8. The summed E-state index contributed by atoms with van der Waals surface area (Å²) in [5.74, 6) is -2.37. The van der Waals surface area contributed by atoms with Gasteiger partial charge in [0, 0.05) is 14.0 Å². The van der Waals surface area contributed by atoms with Crippen LogP contribution in [0.15, 0.2) is 11.3 Å². The zero-order valence-electron chi connectivity index (χ0n) is 19.8. The Bertz CT molecular complexity index is 736. The Morgan fingerprint density at radius 3 is 1.81 bits per heavy atom. The van der Waals surface area contributed by atoms with Gasteiger partial charge in [-0.1, -0.05) is 19.6 Å². The van der Waals surface area contributed by atoms with Crippen LogP contribution in [-0.4, -0.2) is 68.1 Å². The van der Waals surface area contributed by atoms with Crippen LogP contribution in [0.1, 0.15) is 12.8 Å². The van der Waals surface area contributed by atoms with Gasteiger partial charge in [0.05, 0.1) is 13.1 Å². The van der Waals surface area contributed by atoms with E-state index >= 15 is 17.6 Å². The van der Waals surface area contributed by atoms with Crippen LogP contribution in [0.2, 0.25) is 58.4 Å². The first-order valence-corrected chi connectivity index (χ1v) is 26.5. The number of halogens is 8. The first-order valence-electron chi connectivity index (χ1n) is 10.4. The molecule has 1 rings (SSSR count). The van der Waals surface area contributed by atoms with Crippen molar-refractivity contribution >= 4 is 39.9 Å². The fraction of sp³-hybridized carbons (Fsp3) is 0.882. The molecule has 5 unspecified atom stereocenters. The summed E-state index contributed by atoms with van der Waals surface area (Å²) in [6, 6.07) is -0.613. The quantitative estimate of drug-likeness (QED) is 0.253. The largest absolute Gasteiger partial charge is 0.451 e. The molecule has 1 fully saturated rings. The van der Waals surface area contributed by atoms with Gasteiger partial charge in [0.25, 0.3) is 0 Å². The minimum absolute atomic E-state index is 0.613. The van der Waals surface area contributed by atoms with Gasteiger partial charge in [0.2, 0.25) is 16.2 Å². The fourth-order valence-electron chi connectivity index (χ4n) is 4.88. The van der Waals surface area contributed by atoms with Gasteiger partial charge in [-0.15, -0.1) is 0 Å². The van der Waals surface area contributed by atoms with Crippen LogP contribution >= 0.6 is 0 Å². The molecular formula is C17H34F8O2Si5. The summed E-state index contributed by atoms with van der Waals surface area (Å²) in [5, 5.41) is 0. The highest BCUT2D eigenvalue weighted by Gasteiger charge is 2.83. The predicted molar refractivity (Wildman–Crippen MR) is 123 cm³/mol. The molecule has 1 heterocycles. The van der Waals surface area contributed by atoms with Crippen molar-refractivity contribution in [2.45, 2.75) is 88.0 Å². The van der Waals surface area contributed by atoms with E-state index in [0.29, 0.717) is 0 Å². The van der Waals surface area contributed by atoms with Crippen molar-refractivity contribution in [1.82, 2.24) is 0 Å². The van der Waals surface area contributed by atoms with E-state index in [2.05, 4.69) is 0 Å². The highest BCUT2D eigenvalue weighted by atomic mass is 29.7. The van der Waals surface area contributed by atoms with E-state index in [1.807, 2.05) is 0 Å². The topological polar surface area (TPSA) is 29.5 Å². The van der Waals surface area contributed by atoms with Gasteiger partial charge in [-0.3, -0.25) is 4.39 Å². The molecule has 0 saturated carbocycles. The molecule has 1 aliphatic rings. The first-order chi connectivity index (χ1) is 13.9. The molecule has 0 aromatic carbocycles. The first kappa shape index (κ1) is 30.2. The lowest BCUT2D eigenvalue weighted by Gasteiger charge is -2.35. The third-order valence-corrected chi connectivity index (χ3v) is 45.7. The molecule has 1 aliphatic heterocycles. The molecule has 0 radical (unpaired) electrons. The number of hydrogen-bond acceptors (Lipinski definition) is 2. The molecular weight excluding hydrogens is 529 g/mol. The van der Waals surface area contributed by atoms with Crippen LogP contribution in [0.25, 0.3) is 0 Å². The van der Waals surface area contributed by atoms with Crippen molar-refractivity contribution in [2.75, 3.05) is 6.67 Å². The van der Waals surface area contributed by atoms with E-state index in [4.69, 9.17) is 4.12 Å². The van der Waals surface area contributed by atoms with Gasteiger partial charge in [-0.2, -0.15) is 13.2 Å². The standard InChI is InChI=1S/C17H34F8O2Si5/c1-29(2,3)27-31(7,10-9-18)14(20)13(19)15(21,11-16(22,23)24)12-17(25)28(30(4,5)6)32(17,8)26/h26,28H,9-12H2,1-8H3/b14-13-. The Kier molecular flexibility index (Phi) is 8.50. The van der Waals surface area contributed by atoms with Gasteiger partial charge < -0.3 is 8.91 Å². The Balaban J connectivity index is 3.60. The minimum atomic E-state index is -5.26. The minimum Gasteiger partial charge on any atom is -0.451 e. The average Bonchev–Trinajstić information content (AvgIpc) is 2.93. The molecule has 32 heavy (non-hydrogen) atoms. The van der Waals surface area contributed by atoms with Gasteiger partial charge in [-0.05, 0) is 38.8 Å². The second kappa shape index (κ2) is 9.00. The van der Waals surface area contributed by atoms with E-state index in [9.17, 15) is 22.4 Å². The monoisotopic (exact) mass is 562 g/mol. The molecule has 0 aromatic rings. The zero-order chi connectivity index (χ0) is 25.8. The highest BCUT2D eigenvalue weighted by Crippen LogP contribution is 2.57. The van der Waals surface area contributed by atoms with E-state index in [0.717, 1.165) is 6.55 Å². The summed E-state index contributed by atoms with van der Waals surface area (Å²) < 4.78 is 121. The molecule has 2 nitrogen and oxygen atoms in total. The van der Waals surface area contributed by atoms with Crippen LogP contribution in [0.3, 0.4) is 0 Å². The van der Waals surface area contributed by atoms with Crippen LogP contribution in [0, 0.1) is 0 Å². The lowest BCUT2D eigenvalue weighted by molar-refractivity contribution is -0.161. The summed E-state index contributed by atoms with van der Waals surface area (Å²) in [5.41, 5.74) is -5.90. The zero-order valence-corrected chi connectivity index (χ0v) is 24.9. The third-order valence-electron chi connectivity index (χ3n) is 5.82. The second-order valence-corrected chi connectivity index (χ2v) is 43.7.